The maximum Gasteiger partial charge on any atom is 0.262 e. The van der Waals surface area contributed by atoms with Crippen molar-refractivity contribution in [2.45, 2.75) is 18.7 Å². The van der Waals surface area contributed by atoms with Gasteiger partial charge in [0.25, 0.3) is 10.0 Å². The Labute approximate surface area is 127 Å². The molecule has 2 rings (SSSR count). The zero-order valence-electron chi connectivity index (χ0n) is 11.1. The molecule has 0 aliphatic heterocycles. The van der Waals surface area contributed by atoms with Crippen molar-refractivity contribution < 1.29 is 8.42 Å². The summed E-state index contributed by atoms with van der Waals surface area (Å²) in [4.78, 5) is 0.200. The molecule has 0 bridgehead atoms. The second-order valence-corrected chi connectivity index (χ2v) is 7.07. The van der Waals surface area contributed by atoms with Gasteiger partial charge in [-0.3, -0.25) is 4.72 Å². The molecule has 2 aromatic carbocycles. The summed E-state index contributed by atoms with van der Waals surface area (Å²) in [6.07, 6.45) is 0. The Morgan fingerprint density at radius 3 is 2.45 bits per heavy atom. The third-order valence-corrected chi connectivity index (χ3v) is 5.14. The second kappa shape index (κ2) is 5.46. The minimum absolute atomic E-state index is 0.200. The van der Waals surface area contributed by atoms with E-state index in [1.54, 1.807) is 37.3 Å². The van der Waals surface area contributed by atoms with Gasteiger partial charge in [0, 0.05) is 10.2 Å². The molecule has 0 aliphatic carbocycles. The number of sulfonamides is 1. The first-order valence-corrected chi connectivity index (χ1v) is 8.23. The third-order valence-electron chi connectivity index (χ3n) is 2.95. The molecule has 0 aromatic heterocycles. The molecule has 3 N–H and O–H groups in total. The van der Waals surface area contributed by atoms with E-state index < -0.39 is 10.0 Å². The molecule has 0 atom stereocenters. The Hall–Kier alpha value is -1.53. The van der Waals surface area contributed by atoms with Crippen LogP contribution in [-0.2, 0) is 10.0 Å². The molecule has 6 heteroatoms. The van der Waals surface area contributed by atoms with Crippen LogP contribution >= 0.6 is 15.9 Å². The lowest BCUT2D eigenvalue weighted by Gasteiger charge is -2.13. The molecule has 106 valence electrons. The summed E-state index contributed by atoms with van der Waals surface area (Å²) in [6.45, 7) is 3.51. The van der Waals surface area contributed by atoms with Crippen LogP contribution in [-0.4, -0.2) is 8.42 Å². The number of aryl methyl sites for hydroxylation is 1. The van der Waals surface area contributed by atoms with Gasteiger partial charge in [0.1, 0.15) is 0 Å². The van der Waals surface area contributed by atoms with E-state index >= 15 is 0 Å². The second-order valence-electron chi connectivity index (χ2n) is 4.56. The fourth-order valence-corrected chi connectivity index (χ4v) is 3.83. The molecule has 0 saturated heterocycles. The predicted molar refractivity (Wildman–Crippen MR) is 85.3 cm³/mol. The van der Waals surface area contributed by atoms with Crippen LogP contribution in [0.2, 0.25) is 0 Å². The van der Waals surface area contributed by atoms with E-state index in [0.717, 1.165) is 5.56 Å². The molecule has 20 heavy (non-hydrogen) atoms. The molecule has 0 spiro atoms. The van der Waals surface area contributed by atoms with Crippen LogP contribution in [0.15, 0.2) is 45.8 Å². The van der Waals surface area contributed by atoms with E-state index in [-0.39, 0.29) is 4.90 Å². The average molecular weight is 355 g/mol. The fraction of sp³-hybridized carbons (Fsp3) is 0.143. The maximum atomic E-state index is 12.5. The zero-order valence-corrected chi connectivity index (χ0v) is 13.5. The minimum Gasteiger partial charge on any atom is -0.398 e. The number of nitrogen functional groups attached to an aromatic ring is 1. The molecular formula is C14H15BrN2O2S. The van der Waals surface area contributed by atoms with Crippen LogP contribution in [0, 0.1) is 13.8 Å². The monoisotopic (exact) mass is 354 g/mol. The largest absolute Gasteiger partial charge is 0.398 e. The molecule has 0 amide bonds. The fourth-order valence-electron chi connectivity index (χ4n) is 1.88. The first-order chi connectivity index (χ1) is 9.31. The number of halogens is 1. The summed E-state index contributed by atoms with van der Waals surface area (Å²) in [5.74, 6) is 0. The average Bonchev–Trinajstić information content (AvgIpc) is 2.36. The van der Waals surface area contributed by atoms with Crippen molar-refractivity contribution in [3.8, 4) is 0 Å². The Morgan fingerprint density at radius 1 is 1.15 bits per heavy atom. The van der Waals surface area contributed by atoms with Gasteiger partial charge >= 0.3 is 0 Å². The van der Waals surface area contributed by atoms with Crippen LogP contribution in [0.3, 0.4) is 0 Å². The van der Waals surface area contributed by atoms with Crippen LogP contribution in [0.1, 0.15) is 11.1 Å². The molecule has 0 aliphatic rings. The number of hydrogen-bond donors (Lipinski definition) is 2. The van der Waals surface area contributed by atoms with Crippen molar-refractivity contribution in [2.24, 2.45) is 0 Å². The number of nitrogens with two attached hydrogens (primary N) is 1. The first-order valence-electron chi connectivity index (χ1n) is 5.95. The first kappa shape index (κ1) is 14.9. The molecule has 2 aromatic rings. The lowest BCUT2D eigenvalue weighted by molar-refractivity contribution is 0.600. The maximum absolute atomic E-state index is 12.5. The number of anilines is 2. The summed E-state index contributed by atoms with van der Waals surface area (Å²) in [6, 6.07) is 10.4. The van der Waals surface area contributed by atoms with E-state index in [1.807, 2.05) is 13.0 Å². The van der Waals surface area contributed by atoms with E-state index in [4.69, 9.17) is 5.73 Å². The van der Waals surface area contributed by atoms with E-state index in [2.05, 4.69) is 20.7 Å². The topological polar surface area (TPSA) is 72.2 Å². The quantitative estimate of drug-likeness (QED) is 0.829. The summed E-state index contributed by atoms with van der Waals surface area (Å²) >= 11 is 3.32. The van der Waals surface area contributed by atoms with Gasteiger partial charge in [0.05, 0.1) is 10.6 Å². The molecule has 0 unspecified atom stereocenters. The number of hydrogen-bond acceptors (Lipinski definition) is 3. The van der Waals surface area contributed by atoms with Gasteiger partial charge in [-0.25, -0.2) is 8.42 Å². The van der Waals surface area contributed by atoms with Crippen molar-refractivity contribution in [1.82, 2.24) is 0 Å². The molecule has 4 nitrogen and oxygen atoms in total. The van der Waals surface area contributed by atoms with Gasteiger partial charge < -0.3 is 5.73 Å². The zero-order chi connectivity index (χ0) is 14.9. The Bertz CT molecular complexity index is 758. The number of nitrogens with one attached hydrogen (secondary N) is 1. The highest BCUT2D eigenvalue weighted by molar-refractivity contribution is 9.10. The van der Waals surface area contributed by atoms with E-state index in [1.165, 1.54) is 0 Å². The van der Waals surface area contributed by atoms with Crippen LogP contribution in [0.25, 0.3) is 0 Å². The number of rotatable bonds is 3. The van der Waals surface area contributed by atoms with Crippen LogP contribution < -0.4 is 10.5 Å². The lowest BCUT2D eigenvalue weighted by Crippen LogP contribution is -2.15. The van der Waals surface area contributed by atoms with Crippen molar-refractivity contribution in [3.05, 3.63) is 52.0 Å². The molecule has 0 saturated carbocycles. The Morgan fingerprint density at radius 2 is 1.80 bits per heavy atom. The lowest BCUT2D eigenvalue weighted by atomic mass is 10.1. The van der Waals surface area contributed by atoms with Crippen molar-refractivity contribution in [1.29, 1.82) is 0 Å². The highest BCUT2D eigenvalue weighted by Gasteiger charge is 2.19. The van der Waals surface area contributed by atoms with Crippen LogP contribution in [0.4, 0.5) is 11.4 Å². The smallest absolute Gasteiger partial charge is 0.262 e. The SMILES string of the molecule is Cc1cc(N)c(C)c(S(=O)(=O)Nc2ccccc2Br)c1. The highest BCUT2D eigenvalue weighted by atomic mass is 79.9. The van der Waals surface area contributed by atoms with Gasteiger partial charge in [-0.05, 0) is 65.2 Å². The van der Waals surface area contributed by atoms with Gasteiger partial charge in [-0.15, -0.1) is 0 Å². The van der Waals surface area contributed by atoms with Gasteiger partial charge in [-0.2, -0.15) is 0 Å². The molecule has 0 heterocycles. The standard InChI is InChI=1S/C14H15BrN2O2S/c1-9-7-12(16)10(2)14(8-9)20(18,19)17-13-6-4-3-5-11(13)15/h3-8,17H,16H2,1-2H3. The highest BCUT2D eigenvalue weighted by Crippen LogP contribution is 2.28. The van der Waals surface area contributed by atoms with Gasteiger partial charge in [0.15, 0.2) is 0 Å². The normalized spacial score (nSPS) is 11.3. The minimum atomic E-state index is -3.67. The third kappa shape index (κ3) is 2.96. The van der Waals surface area contributed by atoms with Gasteiger partial charge in [-0.1, -0.05) is 12.1 Å². The van der Waals surface area contributed by atoms with Crippen LogP contribution in [0.5, 0.6) is 0 Å². The van der Waals surface area contributed by atoms with Crippen molar-refractivity contribution in [3.63, 3.8) is 0 Å². The summed E-state index contributed by atoms with van der Waals surface area (Å²) in [5.41, 5.74) is 8.16. The Balaban J connectivity index is 2.49. The van der Waals surface area contributed by atoms with Crippen molar-refractivity contribution >= 4 is 37.3 Å². The Kier molecular flexibility index (Phi) is 4.06. The van der Waals surface area contributed by atoms with E-state index in [9.17, 15) is 8.42 Å². The van der Waals surface area contributed by atoms with E-state index in [0.29, 0.717) is 21.4 Å². The molecule has 0 radical (unpaired) electrons. The number of para-hydroxylation sites is 1. The summed E-state index contributed by atoms with van der Waals surface area (Å²) in [5, 5.41) is 0. The summed E-state index contributed by atoms with van der Waals surface area (Å²) in [7, 11) is -3.67. The number of benzene rings is 2. The van der Waals surface area contributed by atoms with Crippen molar-refractivity contribution in [2.75, 3.05) is 10.5 Å². The summed E-state index contributed by atoms with van der Waals surface area (Å²) < 4.78 is 28.2. The molecule has 0 fully saturated rings. The van der Waals surface area contributed by atoms with Gasteiger partial charge in [0.2, 0.25) is 0 Å². The predicted octanol–water partition coefficient (Wildman–Crippen LogP) is 3.45. The molecular weight excluding hydrogens is 340 g/mol.